The van der Waals surface area contributed by atoms with Gasteiger partial charge < -0.3 is 20.9 Å². The number of pyridine rings is 1. The lowest BCUT2D eigenvalue weighted by Gasteiger charge is -2.17. The topological polar surface area (TPSA) is 98.9 Å². The second kappa shape index (κ2) is 10.1. The molecular formula is C27H28ClN5O2. The fourth-order valence-electron chi connectivity index (χ4n) is 4.70. The van der Waals surface area contributed by atoms with Crippen LogP contribution in [0.3, 0.4) is 0 Å². The van der Waals surface area contributed by atoms with E-state index in [9.17, 15) is 9.59 Å². The van der Waals surface area contributed by atoms with Crippen LogP contribution in [-0.2, 0) is 22.6 Å². The molecule has 7 nitrogen and oxygen atoms in total. The second-order valence-electron chi connectivity index (χ2n) is 9.27. The molecule has 4 aromatic rings. The molecule has 180 valence electrons. The van der Waals surface area contributed by atoms with Gasteiger partial charge in [-0.05, 0) is 60.2 Å². The SMILES string of the molecule is C[C@H](NC(=O)[C@H]1C[C@H](Cc2ccc3ccccc3c2)CN1)C(=O)NCc1cnc2[nH]cc(Cl)c2c1. The third-order valence-corrected chi connectivity index (χ3v) is 6.95. The number of halogens is 1. The number of nitrogens with zero attached hydrogens (tertiary/aromatic N) is 1. The van der Waals surface area contributed by atoms with Gasteiger partial charge in [0, 0.05) is 24.3 Å². The molecule has 0 spiro atoms. The zero-order chi connectivity index (χ0) is 24.4. The highest BCUT2D eigenvalue weighted by molar-refractivity contribution is 6.35. The highest BCUT2D eigenvalue weighted by atomic mass is 35.5. The number of hydrogen-bond donors (Lipinski definition) is 4. The van der Waals surface area contributed by atoms with Crippen molar-refractivity contribution in [2.24, 2.45) is 5.92 Å². The molecule has 0 radical (unpaired) electrons. The number of amides is 2. The van der Waals surface area contributed by atoms with Crippen LogP contribution < -0.4 is 16.0 Å². The summed E-state index contributed by atoms with van der Waals surface area (Å²) in [7, 11) is 0. The number of nitrogens with one attached hydrogen (secondary N) is 4. The molecule has 0 unspecified atom stereocenters. The molecule has 3 atom stereocenters. The van der Waals surface area contributed by atoms with Gasteiger partial charge in [-0.3, -0.25) is 9.59 Å². The number of carbonyl (C=O) groups is 2. The Kier molecular flexibility index (Phi) is 6.70. The lowest BCUT2D eigenvalue weighted by Crippen LogP contribution is -2.49. The van der Waals surface area contributed by atoms with Crippen molar-refractivity contribution in [1.29, 1.82) is 0 Å². The number of fused-ring (bicyclic) bond motifs is 2. The van der Waals surface area contributed by atoms with Crippen LogP contribution in [0.1, 0.15) is 24.5 Å². The molecule has 3 heterocycles. The summed E-state index contributed by atoms with van der Waals surface area (Å²) in [6.45, 7) is 2.78. The Bertz CT molecular complexity index is 1380. The van der Waals surface area contributed by atoms with Crippen LogP contribution in [0.25, 0.3) is 21.8 Å². The van der Waals surface area contributed by atoms with Crippen molar-refractivity contribution in [3.8, 4) is 0 Å². The quantitative estimate of drug-likeness (QED) is 0.318. The fourth-order valence-corrected chi connectivity index (χ4v) is 4.89. The van der Waals surface area contributed by atoms with E-state index in [1.807, 2.05) is 18.2 Å². The average molecular weight is 490 g/mol. The number of carbonyl (C=O) groups excluding carboxylic acids is 2. The third-order valence-electron chi connectivity index (χ3n) is 6.63. The highest BCUT2D eigenvalue weighted by Crippen LogP contribution is 2.23. The lowest BCUT2D eigenvalue weighted by atomic mass is 9.95. The lowest BCUT2D eigenvalue weighted by molar-refractivity contribution is -0.129. The van der Waals surface area contributed by atoms with E-state index in [0.717, 1.165) is 30.3 Å². The largest absolute Gasteiger partial charge is 0.350 e. The summed E-state index contributed by atoms with van der Waals surface area (Å²) in [5.74, 6) is -0.0149. The molecule has 0 aliphatic carbocycles. The minimum Gasteiger partial charge on any atom is -0.350 e. The Hall–Kier alpha value is -3.42. The van der Waals surface area contributed by atoms with Gasteiger partial charge >= 0.3 is 0 Å². The summed E-state index contributed by atoms with van der Waals surface area (Å²) >= 11 is 6.14. The van der Waals surface area contributed by atoms with Crippen LogP contribution in [0.4, 0.5) is 0 Å². The minimum absolute atomic E-state index is 0.143. The Morgan fingerprint density at radius 2 is 1.97 bits per heavy atom. The number of aromatic nitrogens is 2. The number of benzene rings is 2. The van der Waals surface area contributed by atoms with Crippen LogP contribution in [0.5, 0.6) is 0 Å². The smallest absolute Gasteiger partial charge is 0.242 e. The zero-order valence-electron chi connectivity index (χ0n) is 19.5. The molecule has 1 fully saturated rings. The molecule has 0 bridgehead atoms. The second-order valence-corrected chi connectivity index (χ2v) is 9.68. The van der Waals surface area contributed by atoms with Gasteiger partial charge in [0.2, 0.25) is 11.8 Å². The molecule has 5 rings (SSSR count). The van der Waals surface area contributed by atoms with Gasteiger partial charge in [-0.25, -0.2) is 4.98 Å². The molecule has 35 heavy (non-hydrogen) atoms. The third kappa shape index (κ3) is 5.31. The van der Waals surface area contributed by atoms with E-state index >= 15 is 0 Å². The van der Waals surface area contributed by atoms with Crippen molar-refractivity contribution < 1.29 is 9.59 Å². The maximum atomic E-state index is 12.8. The van der Waals surface area contributed by atoms with Gasteiger partial charge in [0.25, 0.3) is 0 Å². The standard InChI is InChI=1S/C27H28ClN5O2/c1-16(26(34)32-14-19-10-22-23(28)15-31-25(22)30-13-19)33-27(35)24-11-18(12-29-24)8-17-6-7-20-4-2-3-5-21(20)9-17/h2-7,9-10,13,15-16,18,24,29H,8,11-12,14H2,1H3,(H,30,31)(H,32,34)(H,33,35)/t16-,18-,24+/m0/s1. The van der Waals surface area contributed by atoms with Crippen molar-refractivity contribution >= 4 is 45.2 Å². The first-order valence-corrected chi connectivity index (χ1v) is 12.2. The Balaban J connectivity index is 1.10. The first kappa shape index (κ1) is 23.3. The first-order valence-electron chi connectivity index (χ1n) is 11.9. The maximum Gasteiger partial charge on any atom is 0.242 e. The monoisotopic (exact) mass is 489 g/mol. The van der Waals surface area contributed by atoms with Crippen LogP contribution in [-0.4, -0.2) is 40.4 Å². The summed E-state index contributed by atoms with van der Waals surface area (Å²) in [5, 5.41) is 12.9. The van der Waals surface area contributed by atoms with Crippen molar-refractivity contribution in [3.05, 3.63) is 77.1 Å². The Morgan fingerprint density at radius 1 is 1.14 bits per heavy atom. The Morgan fingerprint density at radius 3 is 2.83 bits per heavy atom. The van der Waals surface area contributed by atoms with Gasteiger partial charge in [-0.2, -0.15) is 0 Å². The van der Waals surface area contributed by atoms with Gasteiger partial charge in [-0.1, -0.05) is 54.1 Å². The van der Waals surface area contributed by atoms with E-state index in [0.29, 0.717) is 23.1 Å². The maximum absolute atomic E-state index is 12.8. The molecule has 2 amide bonds. The normalized spacial score (nSPS) is 18.6. The van der Waals surface area contributed by atoms with Gasteiger partial charge in [0.15, 0.2) is 0 Å². The molecular weight excluding hydrogens is 462 g/mol. The zero-order valence-corrected chi connectivity index (χ0v) is 20.2. The number of rotatable bonds is 7. The summed E-state index contributed by atoms with van der Waals surface area (Å²) in [6.07, 6.45) is 5.04. The van der Waals surface area contributed by atoms with Crippen molar-refractivity contribution in [2.45, 2.75) is 38.4 Å². The van der Waals surface area contributed by atoms with Crippen LogP contribution in [0.2, 0.25) is 5.02 Å². The van der Waals surface area contributed by atoms with E-state index in [1.165, 1.54) is 16.3 Å². The van der Waals surface area contributed by atoms with Gasteiger partial charge in [-0.15, -0.1) is 0 Å². The van der Waals surface area contributed by atoms with E-state index < -0.39 is 6.04 Å². The van der Waals surface area contributed by atoms with E-state index in [4.69, 9.17) is 11.6 Å². The molecule has 8 heteroatoms. The molecule has 1 saturated heterocycles. The van der Waals surface area contributed by atoms with E-state index in [2.05, 4.69) is 56.3 Å². The summed E-state index contributed by atoms with van der Waals surface area (Å²) < 4.78 is 0. The molecule has 4 N–H and O–H groups in total. The van der Waals surface area contributed by atoms with Gasteiger partial charge in [0.1, 0.15) is 11.7 Å². The average Bonchev–Trinajstić information content (AvgIpc) is 3.49. The minimum atomic E-state index is -0.642. The number of H-pyrrole nitrogens is 1. The van der Waals surface area contributed by atoms with Crippen molar-refractivity contribution in [2.75, 3.05) is 6.54 Å². The van der Waals surface area contributed by atoms with Gasteiger partial charge in [0.05, 0.1) is 11.1 Å². The van der Waals surface area contributed by atoms with Crippen LogP contribution >= 0.6 is 11.6 Å². The molecule has 1 aliphatic rings. The summed E-state index contributed by atoms with van der Waals surface area (Å²) in [5.41, 5.74) is 2.81. The fraction of sp³-hybridized carbons (Fsp3) is 0.296. The van der Waals surface area contributed by atoms with Crippen LogP contribution in [0, 0.1) is 5.92 Å². The van der Waals surface area contributed by atoms with Crippen LogP contribution in [0.15, 0.2) is 60.9 Å². The molecule has 1 aliphatic heterocycles. The highest BCUT2D eigenvalue weighted by Gasteiger charge is 2.30. The van der Waals surface area contributed by atoms with Crippen molar-refractivity contribution in [1.82, 2.24) is 25.9 Å². The van der Waals surface area contributed by atoms with E-state index in [-0.39, 0.29) is 17.9 Å². The molecule has 2 aromatic carbocycles. The predicted octanol–water partition coefficient (Wildman–Crippen LogP) is 3.71. The number of aromatic amines is 1. The van der Waals surface area contributed by atoms with Crippen molar-refractivity contribution in [3.63, 3.8) is 0 Å². The molecule has 0 saturated carbocycles. The number of hydrogen-bond acceptors (Lipinski definition) is 4. The summed E-state index contributed by atoms with van der Waals surface area (Å²) in [4.78, 5) is 32.6. The predicted molar refractivity (Wildman–Crippen MR) is 138 cm³/mol. The first-order chi connectivity index (χ1) is 17.0. The molecule has 2 aromatic heterocycles. The summed E-state index contributed by atoms with van der Waals surface area (Å²) in [6, 6.07) is 15.8. The van der Waals surface area contributed by atoms with E-state index in [1.54, 1.807) is 19.3 Å². The Labute approximate surface area is 208 Å².